The van der Waals surface area contributed by atoms with Gasteiger partial charge in [-0.15, -0.1) is 0 Å². The van der Waals surface area contributed by atoms with Gasteiger partial charge in [0.15, 0.2) is 0 Å². The van der Waals surface area contributed by atoms with Crippen LogP contribution in [0.25, 0.3) is 17.1 Å². The maximum Gasteiger partial charge on any atom is 0.272 e. The van der Waals surface area contributed by atoms with Gasteiger partial charge in [-0.2, -0.15) is 5.10 Å². The molecule has 0 spiro atoms. The van der Waals surface area contributed by atoms with Crippen molar-refractivity contribution in [2.24, 2.45) is 7.05 Å². The van der Waals surface area contributed by atoms with Gasteiger partial charge in [-0.1, -0.05) is 11.6 Å². The minimum Gasteiger partial charge on any atom is -0.349 e. The first kappa shape index (κ1) is 19.3. The number of aryl methyl sites for hydroxylation is 1. The number of aromatic nitrogens is 3. The molecule has 1 aromatic carbocycles. The molecule has 2 aromatic heterocycles. The van der Waals surface area contributed by atoms with Gasteiger partial charge >= 0.3 is 0 Å². The van der Waals surface area contributed by atoms with E-state index in [1.54, 1.807) is 33.5 Å². The van der Waals surface area contributed by atoms with Gasteiger partial charge < -0.3 is 14.4 Å². The first-order valence-corrected chi connectivity index (χ1v) is 9.84. The Kier molecular flexibility index (Phi) is 5.15. The summed E-state index contributed by atoms with van der Waals surface area (Å²) in [4.78, 5) is 28.4. The molecule has 7 nitrogen and oxygen atoms in total. The lowest BCUT2D eigenvalue weighted by Gasteiger charge is -2.34. The molecule has 150 valence electrons. The molecular formula is C21H22ClN5O2. The molecule has 29 heavy (non-hydrogen) atoms. The highest BCUT2D eigenvalue weighted by atomic mass is 35.5. The number of rotatable bonds is 3. The van der Waals surface area contributed by atoms with E-state index in [0.717, 1.165) is 17.1 Å². The summed E-state index contributed by atoms with van der Waals surface area (Å²) in [6.07, 6.45) is 1.94. The van der Waals surface area contributed by atoms with Crippen LogP contribution in [0.4, 0.5) is 0 Å². The number of hydrogen-bond acceptors (Lipinski definition) is 3. The maximum atomic E-state index is 13.3. The zero-order valence-corrected chi connectivity index (χ0v) is 17.1. The van der Waals surface area contributed by atoms with E-state index >= 15 is 0 Å². The fraction of sp³-hybridized carbons (Fsp3) is 0.286. The predicted molar refractivity (Wildman–Crippen MR) is 111 cm³/mol. The highest BCUT2D eigenvalue weighted by Crippen LogP contribution is 2.24. The average Bonchev–Trinajstić information content (AvgIpc) is 3.34. The second-order valence-corrected chi connectivity index (χ2v) is 7.54. The molecule has 3 heterocycles. The van der Waals surface area contributed by atoms with E-state index < -0.39 is 0 Å². The molecule has 0 aliphatic carbocycles. The van der Waals surface area contributed by atoms with Crippen LogP contribution in [-0.4, -0.2) is 62.1 Å². The van der Waals surface area contributed by atoms with Crippen LogP contribution in [-0.2, 0) is 11.8 Å². The molecule has 4 rings (SSSR count). The highest BCUT2D eigenvalue weighted by Gasteiger charge is 2.27. The summed E-state index contributed by atoms with van der Waals surface area (Å²) in [5.74, 6) is -0.0644. The smallest absolute Gasteiger partial charge is 0.272 e. The Morgan fingerprint density at radius 3 is 2.24 bits per heavy atom. The van der Waals surface area contributed by atoms with Gasteiger partial charge in [0, 0.05) is 51.4 Å². The molecular weight excluding hydrogens is 390 g/mol. The largest absolute Gasteiger partial charge is 0.349 e. The van der Waals surface area contributed by atoms with Crippen molar-refractivity contribution in [1.29, 1.82) is 0 Å². The standard InChI is InChI=1S/C21H22ClN5O2/c1-15(28)25-10-12-26(13-11-25)21(29)20-14-18(19-4-3-9-24(19)2)23-27(20)17-7-5-16(22)6-8-17/h3-9,14H,10-13H2,1-2H3. The Morgan fingerprint density at radius 1 is 1.00 bits per heavy atom. The van der Waals surface area contributed by atoms with Crippen molar-refractivity contribution in [1.82, 2.24) is 24.1 Å². The van der Waals surface area contributed by atoms with Gasteiger partial charge in [0.2, 0.25) is 5.91 Å². The van der Waals surface area contributed by atoms with Crippen molar-refractivity contribution < 1.29 is 9.59 Å². The fourth-order valence-electron chi connectivity index (χ4n) is 3.55. The molecule has 1 aliphatic heterocycles. The predicted octanol–water partition coefficient (Wildman–Crippen LogP) is 2.84. The Labute approximate surface area is 174 Å². The normalized spacial score (nSPS) is 14.3. The molecule has 0 saturated carbocycles. The molecule has 0 unspecified atom stereocenters. The summed E-state index contributed by atoms with van der Waals surface area (Å²) in [6, 6.07) is 13.0. The molecule has 0 N–H and O–H groups in total. The van der Waals surface area contributed by atoms with Crippen molar-refractivity contribution in [2.75, 3.05) is 26.2 Å². The Hall–Kier alpha value is -3.06. The van der Waals surface area contributed by atoms with Gasteiger partial charge in [-0.3, -0.25) is 9.59 Å². The Balaban J connectivity index is 1.70. The van der Waals surface area contributed by atoms with Crippen LogP contribution < -0.4 is 0 Å². The van der Waals surface area contributed by atoms with Crippen LogP contribution in [0, 0.1) is 0 Å². The number of hydrogen-bond donors (Lipinski definition) is 0. The van der Waals surface area contributed by atoms with Crippen LogP contribution >= 0.6 is 11.6 Å². The fourth-order valence-corrected chi connectivity index (χ4v) is 3.68. The zero-order valence-electron chi connectivity index (χ0n) is 16.4. The number of halogens is 1. The molecule has 1 saturated heterocycles. The molecule has 0 atom stereocenters. The summed E-state index contributed by atoms with van der Waals surface area (Å²) < 4.78 is 3.63. The summed E-state index contributed by atoms with van der Waals surface area (Å²) in [5, 5.41) is 5.34. The minimum absolute atomic E-state index is 0.0364. The Bertz CT molecular complexity index is 1050. The third-order valence-electron chi connectivity index (χ3n) is 5.22. The van der Waals surface area contributed by atoms with E-state index in [1.165, 1.54) is 0 Å². The summed E-state index contributed by atoms with van der Waals surface area (Å²) in [5.41, 5.74) is 2.90. The van der Waals surface area contributed by atoms with Gasteiger partial charge in [0.25, 0.3) is 5.91 Å². The lowest BCUT2D eigenvalue weighted by atomic mass is 10.2. The molecule has 1 aliphatic rings. The van der Waals surface area contributed by atoms with E-state index in [9.17, 15) is 9.59 Å². The number of carbonyl (C=O) groups excluding carboxylic acids is 2. The van der Waals surface area contributed by atoms with Gasteiger partial charge in [-0.25, -0.2) is 4.68 Å². The summed E-state index contributed by atoms with van der Waals surface area (Å²) in [7, 11) is 1.94. The third-order valence-corrected chi connectivity index (χ3v) is 5.47. The van der Waals surface area contributed by atoms with Gasteiger partial charge in [0.1, 0.15) is 11.4 Å². The number of piperazine rings is 1. The van der Waals surface area contributed by atoms with Crippen molar-refractivity contribution in [3.05, 3.63) is 59.4 Å². The third kappa shape index (κ3) is 3.78. The highest BCUT2D eigenvalue weighted by molar-refractivity contribution is 6.30. The quantitative estimate of drug-likeness (QED) is 0.665. The second-order valence-electron chi connectivity index (χ2n) is 7.11. The minimum atomic E-state index is -0.101. The molecule has 1 fully saturated rings. The first-order valence-electron chi connectivity index (χ1n) is 9.46. The van der Waals surface area contributed by atoms with Crippen LogP contribution in [0.3, 0.4) is 0 Å². The van der Waals surface area contributed by atoms with E-state index in [0.29, 0.717) is 36.9 Å². The van der Waals surface area contributed by atoms with E-state index in [2.05, 4.69) is 0 Å². The number of nitrogens with zero attached hydrogens (tertiary/aromatic N) is 5. The van der Waals surface area contributed by atoms with Crippen LogP contribution in [0.2, 0.25) is 5.02 Å². The molecule has 2 amide bonds. The lowest BCUT2D eigenvalue weighted by molar-refractivity contribution is -0.130. The molecule has 8 heteroatoms. The van der Waals surface area contributed by atoms with Crippen molar-refractivity contribution in [3.63, 3.8) is 0 Å². The molecule has 0 bridgehead atoms. The first-order chi connectivity index (χ1) is 13.9. The number of benzene rings is 1. The van der Waals surface area contributed by atoms with Crippen molar-refractivity contribution in [2.45, 2.75) is 6.92 Å². The van der Waals surface area contributed by atoms with Gasteiger partial charge in [-0.05, 0) is 42.5 Å². The average molecular weight is 412 g/mol. The summed E-state index contributed by atoms with van der Waals surface area (Å²) >= 11 is 6.03. The van der Waals surface area contributed by atoms with Crippen LogP contribution in [0.1, 0.15) is 17.4 Å². The number of amides is 2. The molecule has 3 aromatic rings. The van der Waals surface area contributed by atoms with Crippen molar-refractivity contribution >= 4 is 23.4 Å². The Morgan fingerprint density at radius 2 is 1.66 bits per heavy atom. The van der Waals surface area contributed by atoms with E-state index in [-0.39, 0.29) is 11.8 Å². The van der Waals surface area contributed by atoms with Crippen molar-refractivity contribution in [3.8, 4) is 17.1 Å². The summed E-state index contributed by atoms with van der Waals surface area (Å²) in [6.45, 7) is 3.65. The molecule has 0 radical (unpaired) electrons. The van der Waals surface area contributed by atoms with Crippen LogP contribution in [0.15, 0.2) is 48.7 Å². The van der Waals surface area contributed by atoms with E-state index in [4.69, 9.17) is 16.7 Å². The topological polar surface area (TPSA) is 63.4 Å². The van der Waals surface area contributed by atoms with Gasteiger partial charge in [0.05, 0.1) is 11.4 Å². The zero-order chi connectivity index (χ0) is 20.5. The SMILES string of the molecule is CC(=O)N1CCN(C(=O)c2cc(-c3cccn3C)nn2-c2ccc(Cl)cc2)CC1. The number of carbonyl (C=O) groups is 2. The maximum absolute atomic E-state index is 13.3. The van der Waals surface area contributed by atoms with Crippen LogP contribution in [0.5, 0.6) is 0 Å². The second kappa shape index (κ2) is 7.75. The lowest BCUT2D eigenvalue weighted by Crippen LogP contribution is -2.50. The monoisotopic (exact) mass is 411 g/mol. The van der Waals surface area contributed by atoms with E-state index in [1.807, 2.05) is 48.1 Å².